The lowest BCUT2D eigenvalue weighted by molar-refractivity contribution is 0.250. The quantitative estimate of drug-likeness (QED) is 0.479. The first kappa shape index (κ1) is 7.43. The van der Waals surface area contributed by atoms with E-state index in [2.05, 4.69) is 4.99 Å². The summed E-state index contributed by atoms with van der Waals surface area (Å²) >= 11 is 0. The van der Waals surface area contributed by atoms with Crippen molar-refractivity contribution in [2.75, 3.05) is 6.54 Å². The fraction of sp³-hybridized carbons (Fsp3) is 0.400. The smallest absolute Gasteiger partial charge is 0.425 e. The maximum Gasteiger partial charge on any atom is 0.497 e. The van der Waals surface area contributed by atoms with Gasteiger partial charge in [-0.25, -0.2) is 4.39 Å². The van der Waals surface area contributed by atoms with Crippen LogP contribution < -0.4 is 0 Å². The molecule has 0 fully saturated rings. The van der Waals surface area contributed by atoms with Gasteiger partial charge in [0.05, 0.1) is 6.54 Å². The zero-order chi connectivity index (χ0) is 7.61. The third-order valence-electron chi connectivity index (χ3n) is 1.33. The van der Waals surface area contributed by atoms with Crippen LogP contribution in [-0.4, -0.2) is 35.5 Å². The molecule has 1 unspecified atom stereocenters. The Labute approximate surface area is 58.0 Å². The van der Waals surface area contributed by atoms with Gasteiger partial charge in [-0.3, -0.25) is 4.99 Å². The van der Waals surface area contributed by atoms with E-state index in [-0.39, 0.29) is 6.54 Å². The number of alkyl halides is 1. The van der Waals surface area contributed by atoms with Gasteiger partial charge in [0.2, 0.25) is 0 Å². The first-order chi connectivity index (χ1) is 4.65. The zero-order valence-corrected chi connectivity index (χ0v) is 5.24. The highest BCUT2D eigenvalue weighted by atomic mass is 19.1. The average Bonchev–Trinajstić information content (AvgIpc) is 1.89. The number of rotatable bonds is 1. The Morgan fingerprint density at radius 2 is 2.30 bits per heavy atom. The van der Waals surface area contributed by atoms with Crippen molar-refractivity contribution in [3.63, 3.8) is 0 Å². The van der Waals surface area contributed by atoms with Crippen LogP contribution >= 0.6 is 0 Å². The van der Waals surface area contributed by atoms with Gasteiger partial charge < -0.3 is 10.0 Å². The van der Waals surface area contributed by atoms with Gasteiger partial charge in [-0.2, -0.15) is 0 Å². The van der Waals surface area contributed by atoms with Crippen LogP contribution in [0.1, 0.15) is 0 Å². The van der Waals surface area contributed by atoms with Crippen LogP contribution in [-0.2, 0) is 0 Å². The second-order valence-electron chi connectivity index (χ2n) is 2.15. The average molecular weight is 143 g/mol. The van der Waals surface area contributed by atoms with Crippen molar-refractivity contribution in [3.8, 4) is 0 Å². The Hall–Kier alpha value is -0.675. The number of nitrogens with zero attached hydrogens (tertiary/aromatic N) is 1. The highest BCUT2D eigenvalue weighted by Crippen LogP contribution is 2.16. The van der Waals surface area contributed by atoms with E-state index in [1.807, 2.05) is 0 Å². The van der Waals surface area contributed by atoms with Gasteiger partial charge in [0.25, 0.3) is 0 Å². The molecule has 0 aromatic carbocycles. The van der Waals surface area contributed by atoms with Crippen LogP contribution in [0, 0.1) is 0 Å². The van der Waals surface area contributed by atoms with Gasteiger partial charge >= 0.3 is 7.12 Å². The van der Waals surface area contributed by atoms with E-state index in [1.165, 1.54) is 12.3 Å². The van der Waals surface area contributed by atoms with Crippen LogP contribution in [0.5, 0.6) is 0 Å². The Kier molecular flexibility index (Phi) is 1.87. The van der Waals surface area contributed by atoms with Crippen molar-refractivity contribution in [2.45, 2.75) is 5.57 Å². The van der Waals surface area contributed by atoms with E-state index in [9.17, 15) is 4.39 Å². The fourth-order valence-electron chi connectivity index (χ4n) is 0.677. The number of allylic oxidation sites excluding steroid dienone is 1. The molecule has 0 bridgehead atoms. The van der Waals surface area contributed by atoms with Crippen molar-refractivity contribution in [1.29, 1.82) is 0 Å². The Balaban J connectivity index is 2.70. The molecule has 1 heterocycles. The number of dihydropyridines is 1. The third kappa shape index (κ3) is 1.25. The number of halogens is 1. The summed E-state index contributed by atoms with van der Waals surface area (Å²) in [5, 5.41) is 17.0. The summed E-state index contributed by atoms with van der Waals surface area (Å²) in [6.45, 7) is -0.221. The standard InChI is InChI=1S/C5H7BFNO2/c7-5(6(9)10)2-1-3-8-4-5/h1-3,9-10H,4H2. The van der Waals surface area contributed by atoms with Gasteiger partial charge in [-0.05, 0) is 12.2 Å². The van der Waals surface area contributed by atoms with Crippen LogP contribution in [0.25, 0.3) is 0 Å². The molecule has 0 saturated heterocycles. The van der Waals surface area contributed by atoms with Gasteiger partial charge in [0.1, 0.15) is 0 Å². The maximum atomic E-state index is 13.0. The molecule has 1 rings (SSSR count). The van der Waals surface area contributed by atoms with E-state index in [4.69, 9.17) is 10.0 Å². The molecule has 0 radical (unpaired) electrons. The normalized spacial score (nSPS) is 30.7. The minimum absolute atomic E-state index is 0.221. The van der Waals surface area contributed by atoms with E-state index in [0.717, 1.165) is 6.08 Å². The molecule has 0 aromatic heterocycles. The van der Waals surface area contributed by atoms with Crippen LogP contribution in [0.4, 0.5) is 4.39 Å². The monoisotopic (exact) mass is 143 g/mol. The molecule has 3 nitrogen and oxygen atoms in total. The predicted octanol–water partition coefficient (Wildman–Crippen LogP) is -0.653. The largest absolute Gasteiger partial charge is 0.497 e. The highest BCUT2D eigenvalue weighted by Gasteiger charge is 2.40. The summed E-state index contributed by atoms with van der Waals surface area (Å²) in [6.07, 6.45) is 3.85. The topological polar surface area (TPSA) is 52.8 Å². The molecule has 1 aliphatic heterocycles. The van der Waals surface area contributed by atoms with Crippen molar-refractivity contribution in [3.05, 3.63) is 12.2 Å². The molecule has 0 amide bonds. The molecule has 54 valence electrons. The molecule has 0 aromatic rings. The number of hydrogen-bond donors (Lipinski definition) is 2. The van der Waals surface area contributed by atoms with E-state index >= 15 is 0 Å². The number of aliphatic imine (C=N–C) groups is 1. The van der Waals surface area contributed by atoms with Crippen molar-refractivity contribution in [2.24, 2.45) is 4.99 Å². The SMILES string of the molecule is OB(O)C1(F)C=CC=NC1. The lowest BCUT2D eigenvalue weighted by atomic mass is 9.69. The minimum atomic E-state index is -2.09. The van der Waals surface area contributed by atoms with Crippen molar-refractivity contribution >= 4 is 13.3 Å². The Morgan fingerprint density at radius 1 is 1.60 bits per heavy atom. The van der Waals surface area contributed by atoms with Crippen molar-refractivity contribution in [1.82, 2.24) is 0 Å². The van der Waals surface area contributed by atoms with Gasteiger partial charge in [-0.15, -0.1) is 0 Å². The maximum absolute atomic E-state index is 13.0. The highest BCUT2D eigenvalue weighted by molar-refractivity contribution is 6.46. The first-order valence-electron chi connectivity index (χ1n) is 2.88. The van der Waals surface area contributed by atoms with Gasteiger partial charge in [-0.1, -0.05) is 0 Å². The third-order valence-corrected chi connectivity index (χ3v) is 1.33. The molecule has 2 N–H and O–H groups in total. The summed E-state index contributed by atoms with van der Waals surface area (Å²) < 4.78 is 13.0. The van der Waals surface area contributed by atoms with Gasteiger partial charge in [0, 0.05) is 6.21 Å². The summed E-state index contributed by atoms with van der Waals surface area (Å²) in [4.78, 5) is 3.54. The number of hydrogen-bond acceptors (Lipinski definition) is 3. The Bertz CT molecular complexity index is 182. The summed E-state index contributed by atoms with van der Waals surface area (Å²) in [5.41, 5.74) is -2.09. The molecule has 0 spiro atoms. The van der Waals surface area contributed by atoms with Crippen LogP contribution in [0.3, 0.4) is 0 Å². The fourth-order valence-corrected chi connectivity index (χ4v) is 0.677. The van der Waals surface area contributed by atoms with E-state index < -0.39 is 12.7 Å². The van der Waals surface area contributed by atoms with Gasteiger partial charge in [0.15, 0.2) is 5.57 Å². The first-order valence-corrected chi connectivity index (χ1v) is 2.88. The second kappa shape index (κ2) is 2.52. The molecular weight excluding hydrogens is 136 g/mol. The summed E-state index contributed by atoms with van der Waals surface area (Å²) in [7, 11) is -1.98. The van der Waals surface area contributed by atoms with Crippen molar-refractivity contribution < 1.29 is 14.4 Å². The molecule has 1 atom stereocenters. The Morgan fingerprint density at radius 3 is 2.60 bits per heavy atom. The predicted molar refractivity (Wildman–Crippen MR) is 36.5 cm³/mol. The van der Waals surface area contributed by atoms with E-state index in [1.54, 1.807) is 0 Å². The van der Waals surface area contributed by atoms with Crippen LogP contribution in [0.2, 0.25) is 0 Å². The molecule has 0 saturated carbocycles. The molecule has 5 heteroatoms. The summed E-state index contributed by atoms with van der Waals surface area (Å²) in [6, 6.07) is 0. The minimum Gasteiger partial charge on any atom is -0.425 e. The molecular formula is C5H7BFNO2. The lowest BCUT2D eigenvalue weighted by Gasteiger charge is -2.19. The lowest BCUT2D eigenvalue weighted by Crippen LogP contribution is -2.44. The second-order valence-corrected chi connectivity index (χ2v) is 2.15. The molecule has 0 aliphatic carbocycles. The summed E-state index contributed by atoms with van der Waals surface area (Å²) in [5.74, 6) is 0. The van der Waals surface area contributed by atoms with E-state index in [0.29, 0.717) is 0 Å². The molecule has 1 aliphatic rings. The molecule has 10 heavy (non-hydrogen) atoms. The zero-order valence-electron chi connectivity index (χ0n) is 5.24. The van der Waals surface area contributed by atoms with Crippen LogP contribution in [0.15, 0.2) is 17.1 Å².